The van der Waals surface area contributed by atoms with Gasteiger partial charge in [-0.2, -0.15) is 0 Å². The van der Waals surface area contributed by atoms with Crippen LogP contribution in [0.25, 0.3) is 0 Å². The largest absolute Gasteiger partial charge is 0.497 e. The molecule has 0 aliphatic carbocycles. The monoisotopic (exact) mass is 418 g/mol. The predicted octanol–water partition coefficient (Wildman–Crippen LogP) is 3.07. The van der Waals surface area contributed by atoms with Crippen LogP contribution >= 0.6 is 0 Å². The van der Waals surface area contributed by atoms with Crippen molar-refractivity contribution < 1.29 is 14.3 Å². The van der Waals surface area contributed by atoms with Crippen LogP contribution in [0.1, 0.15) is 46.2 Å². The van der Waals surface area contributed by atoms with E-state index < -0.39 is 6.04 Å². The van der Waals surface area contributed by atoms with Gasteiger partial charge in [-0.25, -0.2) is 4.98 Å². The molecule has 0 saturated carbocycles. The van der Waals surface area contributed by atoms with Gasteiger partial charge in [0.25, 0.3) is 5.91 Å². The first kappa shape index (κ1) is 20.7. The highest BCUT2D eigenvalue weighted by Crippen LogP contribution is 2.24. The third-order valence-corrected chi connectivity index (χ3v) is 5.60. The van der Waals surface area contributed by atoms with E-state index in [1.54, 1.807) is 25.4 Å². The van der Waals surface area contributed by atoms with Crippen molar-refractivity contribution in [2.24, 2.45) is 7.05 Å². The average Bonchev–Trinajstić information content (AvgIpc) is 3.40. The second-order valence-corrected chi connectivity index (χ2v) is 7.69. The number of amides is 2. The van der Waals surface area contributed by atoms with Crippen molar-refractivity contribution in [2.45, 2.75) is 25.4 Å². The number of ether oxygens (including phenoxy) is 1. The van der Waals surface area contributed by atoms with Crippen molar-refractivity contribution in [2.75, 3.05) is 13.7 Å². The zero-order chi connectivity index (χ0) is 21.8. The first-order valence-electron chi connectivity index (χ1n) is 10.3. The molecule has 2 aromatic carbocycles. The van der Waals surface area contributed by atoms with Gasteiger partial charge in [-0.1, -0.05) is 24.3 Å². The van der Waals surface area contributed by atoms with Crippen LogP contribution in [0.15, 0.2) is 60.9 Å². The number of hydrogen-bond acceptors (Lipinski definition) is 4. The number of likely N-dealkylation sites (tertiary alicyclic amines) is 1. The van der Waals surface area contributed by atoms with Gasteiger partial charge in [0.1, 0.15) is 17.6 Å². The Kier molecular flexibility index (Phi) is 6.02. The summed E-state index contributed by atoms with van der Waals surface area (Å²) >= 11 is 0. The van der Waals surface area contributed by atoms with E-state index in [-0.39, 0.29) is 11.8 Å². The number of carbonyl (C=O) groups excluding carboxylic acids is 2. The van der Waals surface area contributed by atoms with Crippen molar-refractivity contribution in [3.63, 3.8) is 0 Å². The minimum atomic E-state index is -0.402. The SMILES string of the molecule is COc1ccc(C(NC(=O)c2ccc(CN3CCCC3=O)cc2)c2nccn2C)cc1. The number of nitrogens with one attached hydrogen (secondary N) is 1. The summed E-state index contributed by atoms with van der Waals surface area (Å²) in [5.74, 6) is 1.50. The number of nitrogens with zero attached hydrogens (tertiary/aromatic N) is 3. The number of methoxy groups -OCH3 is 1. The lowest BCUT2D eigenvalue weighted by molar-refractivity contribution is -0.128. The zero-order valence-electron chi connectivity index (χ0n) is 17.7. The highest BCUT2D eigenvalue weighted by Gasteiger charge is 2.22. The summed E-state index contributed by atoms with van der Waals surface area (Å²) in [5.41, 5.74) is 2.49. The molecule has 1 unspecified atom stereocenters. The first-order chi connectivity index (χ1) is 15.0. The maximum atomic E-state index is 13.0. The van der Waals surface area contributed by atoms with Gasteiger partial charge in [-0.3, -0.25) is 9.59 Å². The van der Waals surface area contributed by atoms with Crippen LogP contribution < -0.4 is 10.1 Å². The Bertz CT molecular complexity index is 1060. The molecule has 160 valence electrons. The molecule has 7 nitrogen and oxygen atoms in total. The molecule has 0 spiro atoms. The molecule has 2 amide bonds. The Balaban J connectivity index is 1.51. The number of carbonyl (C=O) groups is 2. The topological polar surface area (TPSA) is 76.5 Å². The zero-order valence-corrected chi connectivity index (χ0v) is 17.7. The Morgan fingerprint density at radius 3 is 2.48 bits per heavy atom. The molecule has 31 heavy (non-hydrogen) atoms. The molecule has 3 aromatic rings. The highest BCUT2D eigenvalue weighted by molar-refractivity contribution is 5.94. The fourth-order valence-electron chi connectivity index (χ4n) is 3.82. The number of imidazole rings is 1. The van der Waals surface area contributed by atoms with Crippen LogP contribution in [-0.4, -0.2) is 39.9 Å². The second kappa shape index (κ2) is 9.04. The minimum Gasteiger partial charge on any atom is -0.497 e. The van der Waals surface area contributed by atoms with Crippen LogP contribution in [0.5, 0.6) is 5.75 Å². The Hall–Kier alpha value is -3.61. The number of benzene rings is 2. The fourth-order valence-corrected chi connectivity index (χ4v) is 3.82. The van der Waals surface area contributed by atoms with Gasteiger partial charge < -0.3 is 19.5 Å². The highest BCUT2D eigenvalue weighted by atomic mass is 16.5. The average molecular weight is 418 g/mol. The van der Waals surface area contributed by atoms with Crippen molar-refractivity contribution >= 4 is 11.8 Å². The van der Waals surface area contributed by atoms with Crippen LogP contribution in [0.2, 0.25) is 0 Å². The van der Waals surface area contributed by atoms with E-state index >= 15 is 0 Å². The molecule has 2 heterocycles. The molecule has 1 aliphatic heterocycles. The van der Waals surface area contributed by atoms with E-state index in [1.165, 1.54) is 0 Å². The summed E-state index contributed by atoms with van der Waals surface area (Å²) < 4.78 is 7.14. The number of rotatable bonds is 7. The van der Waals surface area contributed by atoms with Gasteiger partial charge in [0.15, 0.2) is 0 Å². The van der Waals surface area contributed by atoms with E-state index in [2.05, 4.69) is 10.3 Å². The molecular weight excluding hydrogens is 392 g/mol. The van der Waals surface area contributed by atoms with Crippen LogP contribution in [-0.2, 0) is 18.4 Å². The lowest BCUT2D eigenvalue weighted by Crippen LogP contribution is -2.31. The standard InChI is InChI=1S/C24H26N4O3/c1-27-15-13-25-23(27)22(18-9-11-20(31-2)12-10-18)26-24(30)19-7-5-17(6-8-19)16-28-14-3-4-21(28)29/h5-13,15,22H,3-4,14,16H2,1-2H3,(H,26,30). The maximum absolute atomic E-state index is 13.0. The smallest absolute Gasteiger partial charge is 0.252 e. The summed E-state index contributed by atoms with van der Waals surface area (Å²) in [6.07, 6.45) is 5.11. The van der Waals surface area contributed by atoms with Crippen LogP contribution in [0.3, 0.4) is 0 Å². The van der Waals surface area contributed by atoms with Crippen molar-refractivity contribution in [1.82, 2.24) is 19.8 Å². The second-order valence-electron chi connectivity index (χ2n) is 7.69. The van der Waals surface area contributed by atoms with Gasteiger partial charge >= 0.3 is 0 Å². The lowest BCUT2D eigenvalue weighted by atomic mass is 10.0. The van der Waals surface area contributed by atoms with E-state index in [4.69, 9.17) is 4.74 Å². The maximum Gasteiger partial charge on any atom is 0.252 e. The normalized spacial score (nSPS) is 14.5. The molecule has 1 fully saturated rings. The Labute approximate surface area is 181 Å². The number of aryl methyl sites for hydroxylation is 1. The third kappa shape index (κ3) is 4.60. The lowest BCUT2D eigenvalue weighted by Gasteiger charge is -2.20. The summed E-state index contributed by atoms with van der Waals surface area (Å²) in [5, 5.41) is 3.10. The van der Waals surface area contributed by atoms with E-state index in [0.29, 0.717) is 18.5 Å². The third-order valence-electron chi connectivity index (χ3n) is 5.60. The van der Waals surface area contributed by atoms with Crippen LogP contribution in [0, 0.1) is 0 Å². The molecule has 7 heteroatoms. The molecule has 1 aromatic heterocycles. The molecule has 0 bridgehead atoms. The van der Waals surface area contributed by atoms with E-state index in [1.807, 2.05) is 59.1 Å². The summed E-state index contributed by atoms with van der Waals surface area (Å²) in [6.45, 7) is 1.39. The molecule has 1 saturated heterocycles. The van der Waals surface area contributed by atoms with E-state index in [9.17, 15) is 9.59 Å². The number of hydrogen-bond donors (Lipinski definition) is 1. The molecule has 1 N–H and O–H groups in total. The summed E-state index contributed by atoms with van der Waals surface area (Å²) in [7, 11) is 3.52. The van der Waals surface area contributed by atoms with Crippen molar-refractivity contribution in [1.29, 1.82) is 0 Å². The van der Waals surface area contributed by atoms with Gasteiger partial charge in [0, 0.05) is 44.5 Å². The molecular formula is C24H26N4O3. The Morgan fingerprint density at radius 2 is 1.90 bits per heavy atom. The summed E-state index contributed by atoms with van der Waals surface area (Å²) in [6, 6.07) is 14.6. The molecule has 1 aliphatic rings. The van der Waals surface area contributed by atoms with Crippen LogP contribution in [0.4, 0.5) is 0 Å². The van der Waals surface area contributed by atoms with Gasteiger partial charge in [0.05, 0.1) is 7.11 Å². The van der Waals surface area contributed by atoms with Crippen molar-refractivity contribution in [3.8, 4) is 5.75 Å². The predicted molar refractivity (Wildman–Crippen MR) is 117 cm³/mol. The Morgan fingerprint density at radius 1 is 1.16 bits per heavy atom. The van der Waals surface area contributed by atoms with Gasteiger partial charge in [-0.15, -0.1) is 0 Å². The quantitative estimate of drug-likeness (QED) is 0.640. The molecule has 1 atom stereocenters. The minimum absolute atomic E-state index is 0.187. The van der Waals surface area contributed by atoms with Crippen molar-refractivity contribution in [3.05, 3.63) is 83.4 Å². The fraction of sp³-hybridized carbons (Fsp3) is 0.292. The van der Waals surface area contributed by atoms with E-state index in [0.717, 1.165) is 35.7 Å². The molecule has 0 radical (unpaired) electrons. The molecule has 4 rings (SSSR count). The number of aromatic nitrogens is 2. The summed E-state index contributed by atoms with van der Waals surface area (Å²) in [4.78, 5) is 31.2. The van der Waals surface area contributed by atoms with Gasteiger partial charge in [0.2, 0.25) is 5.91 Å². The van der Waals surface area contributed by atoms with Gasteiger partial charge in [-0.05, 0) is 41.8 Å². The first-order valence-corrected chi connectivity index (χ1v) is 10.3.